The first-order valence-electron chi connectivity index (χ1n) is 15.4. The molecule has 2 aliphatic carbocycles. The lowest BCUT2D eigenvalue weighted by molar-refractivity contribution is -0.149. The molecule has 1 saturated carbocycles. The number of halogens is 1. The van der Waals surface area contributed by atoms with Crippen LogP contribution in [0.25, 0.3) is 0 Å². The maximum Gasteiger partial charge on any atom is 0.317 e. The van der Waals surface area contributed by atoms with Gasteiger partial charge in [-0.25, -0.2) is 0 Å². The second-order valence-electron chi connectivity index (χ2n) is 13.0. The fraction of sp³-hybridized carbons (Fsp3) is 0.529. The predicted molar refractivity (Wildman–Crippen MR) is 165 cm³/mol. The molecule has 0 aromatic heterocycles. The van der Waals surface area contributed by atoms with E-state index in [1.54, 1.807) is 19.2 Å². The number of carboxylic acid groups (broad SMARTS) is 1. The Morgan fingerprint density at radius 3 is 2.77 bits per heavy atom. The lowest BCUT2D eigenvalue weighted by Gasteiger charge is -2.45. The van der Waals surface area contributed by atoms with Gasteiger partial charge in [0.1, 0.15) is 11.2 Å². The van der Waals surface area contributed by atoms with Crippen LogP contribution in [0, 0.1) is 11.8 Å². The number of carbonyl (C=O) groups is 2. The zero-order valence-corrected chi connectivity index (χ0v) is 25.4. The van der Waals surface area contributed by atoms with Crippen molar-refractivity contribution in [3.05, 3.63) is 70.3 Å². The number of aryl methyl sites for hydroxylation is 1. The highest BCUT2D eigenvalue weighted by molar-refractivity contribution is 6.30. The summed E-state index contributed by atoms with van der Waals surface area (Å²) in [5.41, 5.74) is 1.51. The van der Waals surface area contributed by atoms with E-state index in [1.807, 2.05) is 24.3 Å². The minimum atomic E-state index is -1.80. The highest BCUT2D eigenvalue weighted by atomic mass is 35.5. The van der Waals surface area contributed by atoms with E-state index in [0.717, 1.165) is 42.8 Å². The number of carboxylic acids is 1. The Balaban J connectivity index is 1.47. The van der Waals surface area contributed by atoms with Crippen molar-refractivity contribution < 1.29 is 29.6 Å². The number of hydrogen-bond donors (Lipinski definition) is 3. The minimum Gasteiger partial charge on any atom is -0.490 e. The number of ether oxygens (including phenoxy) is 1. The number of carbonyl (C=O) groups excluding carboxylic acids is 1. The number of aliphatic hydroxyl groups is 2. The molecule has 6 rings (SSSR count). The van der Waals surface area contributed by atoms with Crippen molar-refractivity contribution >= 4 is 29.2 Å². The topological polar surface area (TPSA) is 111 Å². The third-order valence-corrected chi connectivity index (χ3v) is 10.7. The molecule has 2 bridgehead atoms. The zero-order chi connectivity index (χ0) is 30.4. The van der Waals surface area contributed by atoms with Gasteiger partial charge in [0.2, 0.25) is 5.91 Å². The van der Waals surface area contributed by atoms with Crippen LogP contribution in [0.5, 0.6) is 5.75 Å². The average Bonchev–Trinajstić information content (AvgIpc) is 3.12. The Labute approximate surface area is 257 Å². The Morgan fingerprint density at radius 2 is 2.02 bits per heavy atom. The van der Waals surface area contributed by atoms with E-state index in [2.05, 4.69) is 17.0 Å². The molecule has 2 aromatic carbocycles. The Morgan fingerprint density at radius 1 is 1.19 bits per heavy atom. The van der Waals surface area contributed by atoms with Crippen LogP contribution in [0.2, 0.25) is 5.02 Å². The van der Waals surface area contributed by atoms with Crippen molar-refractivity contribution in [1.82, 2.24) is 4.90 Å². The number of aliphatic carboxylic acids is 1. The van der Waals surface area contributed by atoms with Crippen LogP contribution in [0.4, 0.5) is 5.69 Å². The van der Waals surface area contributed by atoms with Gasteiger partial charge in [0.15, 0.2) is 0 Å². The summed E-state index contributed by atoms with van der Waals surface area (Å²) in [6, 6.07) is 11.4. The summed E-state index contributed by atoms with van der Waals surface area (Å²) in [7, 11) is 1.64. The van der Waals surface area contributed by atoms with Gasteiger partial charge in [-0.05, 0) is 91.3 Å². The lowest BCUT2D eigenvalue weighted by atomic mass is 9.68. The van der Waals surface area contributed by atoms with E-state index in [1.165, 1.54) is 16.0 Å². The van der Waals surface area contributed by atoms with E-state index in [-0.39, 0.29) is 29.6 Å². The molecule has 1 amide bonds. The number of hydrogen-bond acceptors (Lipinski definition) is 6. The molecule has 4 aliphatic rings. The van der Waals surface area contributed by atoms with Gasteiger partial charge in [-0.2, -0.15) is 0 Å². The Hall–Kier alpha value is -3.07. The van der Waals surface area contributed by atoms with Crippen molar-refractivity contribution in [3.8, 4) is 5.75 Å². The van der Waals surface area contributed by atoms with Crippen LogP contribution >= 0.6 is 11.6 Å². The maximum atomic E-state index is 13.3. The predicted octanol–water partition coefficient (Wildman–Crippen LogP) is 4.32. The quantitative estimate of drug-likeness (QED) is 0.436. The number of nitrogens with zero attached hydrogens (tertiary/aromatic N) is 2. The van der Waals surface area contributed by atoms with E-state index in [9.17, 15) is 24.9 Å². The molecule has 1 fully saturated rings. The highest BCUT2D eigenvalue weighted by Crippen LogP contribution is 2.47. The Kier molecular flexibility index (Phi) is 8.22. The van der Waals surface area contributed by atoms with Crippen molar-refractivity contribution in [2.45, 2.75) is 61.9 Å². The summed E-state index contributed by atoms with van der Waals surface area (Å²) in [6.45, 7) is 1.49. The molecule has 230 valence electrons. The minimum absolute atomic E-state index is 0.114. The van der Waals surface area contributed by atoms with Crippen molar-refractivity contribution in [2.75, 3.05) is 44.8 Å². The van der Waals surface area contributed by atoms with Crippen LogP contribution in [-0.4, -0.2) is 78.1 Å². The van der Waals surface area contributed by atoms with Crippen LogP contribution in [-0.2, 0) is 26.8 Å². The second kappa shape index (κ2) is 11.8. The van der Waals surface area contributed by atoms with Crippen LogP contribution in [0.3, 0.4) is 0 Å². The van der Waals surface area contributed by atoms with Gasteiger partial charge < -0.3 is 29.9 Å². The average molecular weight is 609 g/mol. The number of benzene rings is 2. The van der Waals surface area contributed by atoms with E-state index in [0.29, 0.717) is 44.0 Å². The van der Waals surface area contributed by atoms with Crippen LogP contribution in [0.1, 0.15) is 55.2 Å². The third-order valence-electron chi connectivity index (χ3n) is 10.5. The fourth-order valence-corrected chi connectivity index (χ4v) is 7.84. The summed E-state index contributed by atoms with van der Waals surface area (Å²) >= 11 is 6.40. The molecule has 0 unspecified atom stereocenters. The molecule has 2 aromatic rings. The molecule has 43 heavy (non-hydrogen) atoms. The first-order chi connectivity index (χ1) is 20.7. The van der Waals surface area contributed by atoms with Crippen molar-refractivity contribution in [1.29, 1.82) is 0 Å². The largest absolute Gasteiger partial charge is 0.490 e. The first-order valence-corrected chi connectivity index (χ1v) is 15.8. The van der Waals surface area contributed by atoms with Gasteiger partial charge in [-0.1, -0.05) is 35.9 Å². The summed E-state index contributed by atoms with van der Waals surface area (Å²) in [5.74, 6) is -0.589. The number of anilines is 1. The molecule has 3 N–H and O–H groups in total. The Bertz CT molecular complexity index is 1430. The van der Waals surface area contributed by atoms with E-state index in [4.69, 9.17) is 16.3 Å². The molecule has 1 spiro atoms. The molecule has 0 radical (unpaired) electrons. The number of aliphatic hydroxyl groups excluding tert-OH is 2. The molecular formula is C34H41ClN2O6. The first kappa shape index (κ1) is 30.0. The second-order valence-corrected chi connectivity index (χ2v) is 13.5. The van der Waals surface area contributed by atoms with E-state index < -0.39 is 24.1 Å². The fourth-order valence-electron chi connectivity index (χ4n) is 7.65. The summed E-state index contributed by atoms with van der Waals surface area (Å²) in [5, 5.41) is 32.9. The van der Waals surface area contributed by atoms with Gasteiger partial charge in [-0.15, -0.1) is 0 Å². The summed E-state index contributed by atoms with van der Waals surface area (Å²) < 4.78 is 6.58. The van der Waals surface area contributed by atoms with Gasteiger partial charge in [-0.3, -0.25) is 9.59 Å². The number of amides is 1. The SMILES string of the molecule is CN1CC/C=C\[C@H](O)[C@@H]2CC[C@H]2CN2C[C@@]3(CCCc4cc(Cl)ccc43)COc3ccc(cc32)[C@@](CO)(C(=O)O)CC1=O. The van der Waals surface area contributed by atoms with Gasteiger partial charge in [0, 0.05) is 43.5 Å². The van der Waals surface area contributed by atoms with Gasteiger partial charge in [0.25, 0.3) is 0 Å². The smallest absolute Gasteiger partial charge is 0.317 e. The zero-order valence-electron chi connectivity index (χ0n) is 24.7. The highest BCUT2D eigenvalue weighted by Gasteiger charge is 2.46. The van der Waals surface area contributed by atoms with Gasteiger partial charge in [0.05, 0.1) is 25.0 Å². The van der Waals surface area contributed by atoms with Gasteiger partial charge >= 0.3 is 5.97 Å². The number of fused-ring (bicyclic) bond motifs is 4. The number of rotatable bonds is 2. The van der Waals surface area contributed by atoms with Crippen molar-refractivity contribution in [2.24, 2.45) is 11.8 Å². The van der Waals surface area contributed by atoms with Crippen molar-refractivity contribution in [3.63, 3.8) is 0 Å². The summed E-state index contributed by atoms with van der Waals surface area (Å²) in [4.78, 5) is 29.9. The lowest BCUT2D eigenvalue weighted by Crippen LogP contribution is -2.49. The molecule has 0 saturated heterocycles. The molecule has 2 aliphatic heterocycles. The summed E-state index contributed by atoms with van der Waals surface area (Å²) in [6.07, 6.45) is 8.19. The maximum absolute atomic E-state index is 13.3. The molecule has 9 heteroatoms. The van der Waals surface area contributed by atoms with Crippen LogP contribution < -0.4 is 9.64 Å². The molecule has 5 atom stereocenters. The molecule has 2 heterocycles. The van der Waals surface area contributed by atoms with Crippen LogP contribution in [0.15, 0.2) is 48.6 Å². The monoisotopic (exact) mass is 608 g/mol. The molecule has 8 nitrogen and oxygen atoms in total. The standard InChI is InChI=1S/C34H41ClN2O6/c1-36-14-3-2-6-29(39)26-10-7-23(26)18-37-19-33(13-4-5-22-15-25(35)9-11-27(22)33)21-43-30-12-8-24(16-28(30)37)34(20-38,32(41)42)17-31(36)40/h2,6,8-9,11-12,15-16,23,26,29,38-39H,3-5,7,10,13-14,17-21H2,1H3,(H,41,42)/b6-2-/t23-,26+,29-,33-,34+/m0/s1. The van der Waals surface area contributed by atoms with E-state index >= 15 is 0 Å². The molecular weight excluding hydrogens is 568 g/mol. The third kappa shape index (κ3) is 5.42. The normalized spacial score (nSPS) is 31.7.